The minimum Gasteiger partial charge on any atom is -0.488 e. The molecule has 1 saturated heterocycles. The molecule has 3 aliphatic rings. The SMILES string of the molecule is O=C(C1=C(c2ccc(CCCOc3c(F)ccc(F)c3F)cc2)C[C@@H]2CC[C@H]1N2)N(Cc1cccc(Cl)c1Cl)C1CC1. The summed E-state index contributed by atoms with van der Waals surface area (Å²) < 4.78 is 46.3. The van der Waals surface area contributed by atoms with Crippen LogP contribution in [-0.4, -0.2) is 35.5 Å². The Kier molecular flexibility index (Phi) is 8.53. The summed E-state index contributed by atoms with van der Waals surface area (Å²) >= 11 is 12.8. The Morgan fingerprint density at radius 2 is 1.71 bits per heavy atom. The normalized spacial score (nSPS) is 19.7. The standard InChI is InChI=1S/C33H31Cl2F3N2O2/c34-25-5-1-4-21(30(25)35)18-40(23-11-12-23)33(41)29-24(17-22-10-15-28(29)39-22)20-8-6-19(7-9-20)3-2-16-42-32-27(37)14-13-26(36)31(32)38/h1,4-9,13-14,22-23,28,39H,2-3,10-12,15-18H2/t22-,28+/m0/s1. The van der Waals surface area contributed by atoms with Crippen molar-refractivity contribution in [2.75, 3.05) is 6.61 Å². The molecule has 4 nitrogen and oxygen atoms in total. The number of fused-ring (bicyclic) bond motifs is 2. The molecule has 1 saturated carbocycles. The summed E-state index contributed by atoms with van der Waals surface area (Å²) in [4.78, 5) is 16.2. The third kappa shape index (κ3) is 6.05. The number of benzene rings is 3. The van der Waals surface area contributed by atoms with Gasteiger partial charge in [0.2, 0.25) is 5.82 Å². The Hall–Kier alpha value is -3.00. The number of amides is 1. The topological polar surface area (TPSA) is 41.6 Å². The van der Waals surface area contributed by atoms with Gasteiger partial charge in [-0.2, -0.15) is 4.39 Å². The minimum absolute atomic E-state index is 0.0165. The van der Waals surface area contributed by atoms with Gasteiger partial charge < -0.3 is 15.0 Å². The lowest BCUT2D eigenvalue weighted by molar-refractivity contribution is -0.128. The predicted molar refractivity (Wildman–Crippen MR) is 158 cm³/mol. The van der Waals surface area contributed by atoms with Crippen molar-refractivity contribution in [3.63, 3.8) is 0 Å². The molecule has 0 radical (unpaired) electrons. The lowest BCUT2D eigenvalue weighted by Crippen LogP contribution is -2.44. The summed E-state index contributed by atoms with van der Waals surface area (Å²) in [5, 5.41) is 4.62. The quantitative estimate of drug-likeness (QED) is 0.186. The molecule has 3 aromatic rings. The maximum atomic E-state index is 14.2. The summed E-state index contributed by atoms with van der Waals surface area (Å²) in [5.41, 5.74) is 4.83. The Morgan fingerprint density at radius 3 is 2.48 bits per heavy atom. The largest absolute Gasteiger partial charge is 0.488 e. The molecule has 42 heavy (non-hydrogen) atoms. The highest BCUT2D eigenvalue weighted by molar-refractivity contribution is 6.42. The van der Waals surface area contributed by atoms with E-state index in [0.29, 0.717) is 35.5 Å². The molecule has 2 heterocycles. The van der Waals surface area contributed by atoms with E-state index in [4.69, 9.17) is 27.9 Å². The molecule has 0 unspecified atom stereocenters. The van der Waals surface area contributed by atoms with Crippen molar-refractivity contribution in [2.24, 2.45) is 0 Å². The summed E-state index contributed by atoms with van der Waals surface area (Å²) in [5.74, 6) is -4.02. The molecular formula is C33H31Cl2F3N2O2. The Morgan fingerprint density at radius 1 is 0.952 bits per heavy atom. The van der Waals surface area contributed by atoms with E-state index in [9.17, 15) is 18.0 Å². The molecule has 3 aromatic carbocycles. The highest BCUT2D eigenvalue weighted by atomic mass is 35.5. The Bertz CT molecular complexity index is 1520. The maximum Gasteiger partial charge on any atom is 0.252 e. The van der Waals surface area contributed by atoms with Gasteiger partial charge in [0.05, 0.1) is 16.7 Å². The molecule has 1 amide bonds. The number of rotatable bonds is 10. The van der Waals surface area contributed by atoms with Gasteiger partial charge >= 0.3 is 0 Å². The van der Waals surface area contributed by atoms with Crippen LogP contribution < -0.4 is 10.1 Å². The molecule has 2 bridgehead atoms. The van der Waals surface area contributed by atoms with Gasteiger partial charge in [-0.05, 0) is 85.4 Å². The zero-order valence-electron chi connectivity index (χ0n) is 22.9. The smallest absolute Gasteiger partial charge is 0.252 e. The van der Waals surface area contributed by atoms with Crippen LogP contribution in [0.1, 0.15) is 55.2 Å². The number of nitrogens with one attached hydrogen (secondary N) is 1. The van der Waals surface area contributed by atoms with Crippen LogP contribution in [0.3, 0.4) is 0 Å². The van der Waals surface area contributed by atoms with Gasteiger partial charge in [0.1, 0.15) is 0 Å². The van der Waals surface area contributed by atoms with Gasteiger partial charge in [-0.25, -0.2) is 8.78 Å². The fourth-order valence-corrected chi connectivity index (χ4v) is 6.43. The second kappa shape index (κ2) is 12.3. The first-order chi connectivity index (χ1) is 20.3. The summed E-state index contributed by atoms with van der Waals surface area (Å²) in [6.45, 7) is 0.464. The first kappa shape index (κ1) is 29.1. The number of ether oxygens (including phenoxy) is 1. The van der Waals surface area contributed by atoms with Crippen LogP contribution in [0.15, 0.2) is 60.2 Å². The van der Waals surface area contributed by atoms with Crippen molar-refractivity contribution in [3.8, 4) is 5.75 Å². The average Bonchev–Trinajstić information content (AvgIpc) is 3.77. The van der Waals surface area contributed by atoms with E-state index in [1.165, 1.54) is 0 Å². The number of halogens is 5. The van der Waals surface area contributed by atoms with Crippen LogP contribution in [0.4, 0.5) is 13.2 Å². The molecule has 2 aliphatic heterocycles. The van der Waals surface area contributed by atoms with Crippen LogP contribution in [0, 0.1) is 17.5 Å². The number of nitrogens with zero attached hydrogens (tertiary/aromatic N) is 1. The van der Waals surface area contributed by atoms with Gasteiger partial charge in [0.15, 0.2) is 17.4 Å². The van der Waals surface area contributed by atoms with E-state index >= 15 is 0 Å². The fourth-order valence-electron chi connectivity index (χ4n) is 6.05. The van der Waals surface area contributed by atoms with Crippen molar-refractivity contribution < 1.29 is 22.7 Å². The Labute approximate surface area is 253 Å². The maximum absolute atomic E-state index is 14.2. The van der Waals surface area contributed by atoms with Gasteiger partial charge in [-0.15, -0.1) is 0 Å². The fraction of sp³-hybridized carbons (Fsp3) is 0.364. The third-order valence-corrected chi connectivity index (χ3v) is 9.23. The van der Waals surface area contributed by atoms with Crippen molar-refractivity contribution in [1.82, 2.24) is 10.2 Å². The van der Waals surface area contributed by atoms with Crippen LogP contribution in [0.5, 0.6) is 5.75 Å². The molecule has 0 spiro atoms. The van der Waals surface area contributed by atoms with E-state index in [1.807, 2.05) is 41.3 Å². The van der Waals surface area contributed by atoms with Crippen LogP contribution in [-0.2, 0) is 17.8 Å². The summed E-state index contributed by atoms with van der Waals surface area (Å²) in [6, 6.07) is 15.8. The number of carbonyl (C=O) groups excluding carboxylic acids is 1. The average molecular weight is 616 g/mol. The van der Waals surface area contributed by atoms with E-state index in [0.717, 1.165) is 72.1 Å². The van der Waals surface area contributed by atoms with Crippen molar-refractivity contribution >= 4 is 34.7 Å². The number of aryl methyl sites for hydroxylation is 1. The van der Waals surface area contributed by atoms with Gasteiger partial charge in [-0.1, -0.05) is 59.6 Å². The molecule has 2 atom stereocenters. The number of carbonyl (C=O) groups is 1. The van der Waals surface area contributed by atoms with Crippen LogP contribution in [0.2, 0.25) is 10.0 Å². The van der Waals surface area contributed by atoms with E-state index < -0.39 is 23.2 Å². The van der Waals surface area contributed by atoms with Crippen LogP contribution in [0.25, 0.3) is 5.57 Å². The van der Waals surface area contributed by atoms with Crippen molar-refractivity contribution in [3.05, 3.63) is 104 Å². The molecular weight excluding hydrogens is 584 g/mol. The highest BCUT2D eigenvalue weighted by Crippen LogP contribution is 2.41. The predicted octanol–water partition coefficient (Wildman–Crippen LogP) is 7.89. The first-order valence-corrected chi connectivity index (χ1v) is 15.1. The molecule has 1 N–H and O–H groups in total. The number of hydrogen-bond acceptors (Lipinski definition) is 3. The zero-order chi connectivity index (χ0) is 29.4. The molecule has 1 aliphatic carbocycles. The van der Waals surface area contributed by atoms with Gasteiger partial charge in [0.25, 0.3) is 5.91 Å². The van der Waals surface area contributed by atoms with E-state index in [1.54, 1.807) is 6.07 Å². The van der Waals surface area contributed by atoms with Crippen molar-refractivity contribution in [1.29, 1.82) is 0 Å². The molecule has 9 heteroatoms. The van der Waals surface area contributed by atoms with Crippen molar-refractivity contribution in [2.45, 2.75) is 69.6 Å². The summed E-state index contributed by atoms with van der Waals surface area (Å²) in [7, 11) is 0. The lowest BCUT2D eigenvalue weighted by Gasteiger charge is -2.32. The summed E-state index contributed by atoms with van der Waals surface area (Å²) in [6.07, 6.45) is 5.81. The molecule has 2 fully saturated rings. The van der Waals surface area contributed by atoms with E-state index in [2.05, 4.69) is 5.32 Å². The Balaban J connectivity index is 1.18. The second-order valence-electron chi connectivity index (χ2n) is 11.3. The molecule has 220 valence electrons. The zero-order valence-corrected chi connectivity index (χ0v) is 24.5. The minimum atomic E-state index is -1.31. The highest BCUT2D eigenvalue weighted by Gasteiger charge is 2.42. The van der Waals surface area contributed by atoms with Gasteiger partial charge in [0, 0.05) is 30.2 Å². The van der Waals surface area contributed by atoms with E-state index in [-0.39, 0.29) is 24.6 Å². The molecule has 0 aromatic heterocycles. The van der Waals surface area contributed by atoms with Crippen LogP contribution >= 0.6 is 23.2 Å². The number of hydrogen-bond donors (Lipinski definition) is 1. The first-order valence-electron chi connectivity index (χ1n) is 14.4. The monoisotopic (exact) mass is 614 g/mol. The molecule has 6 rings (SSSR count). The third-order valence-electron chi connectivity index (χ3n) is 8.38. The van der Waals surface area contributed by atoms with Gasteiger partial charge in [-0.3, -0.25) is 4.79 Å². The second-order valence-corrected chi connectivity index (χ2v) is 12.1. The lowest BCUT2D eigenvalue weighted by atomic mass is 9.88.